The molecule has 0 radical (unpaired) electrons. The molecule has 7 nitrogen and oxygen atoms in total. The van der Waals surface area contributed by atoms with E-state index < -0.39 is 0 Å². The largest absolute Gasteiger partial charge is 0.462 e. The fourth-order valence-corrected chi connectivity index (χ4v) is 2.89. The third kappa shape index (κ3) is 6.94. The molecular formula is C24H26N4O3. The highest BCUT2D eigenvalue weighted by atomic mass is 16.5. The van der Waals surface area contributed by atoms with Crippen LogP contribution in [0.15, 0.2) is 85.5 Å². The van der Waals surface area contributed by atoms with Gasteiger partial charge in [0.25, 0.3) is 0 Å². The molecule has 0 atom stereocenters. The summed E-state index contributed by atoms with van der Waals surface area (Å²) in [6.07, 6.45) is 6.77. The number of benzene rings is 2. The Morgan fingerprint density at radius 2 is 1.39 bits per heavy atom. The molecule has 31 heavy (non-hydrogen) atoms. The van der Waals surface area contributed by atoms with Crippen LogP contribution >= 0.6 is 0 Å². The quantitative estimate of drug-likeness (QED) is 0.464. The van der Waals surface area contributed by atoms with Gasteiger partial charge in [0, 0.05) is 18.0 Å². The molecule has 0 saturated heterocycles. The Morgan fingerprint density at radius 3 is 1.90 bits per heavy atom. The van der Waals surface area contributed by atoms with Crippen molar-refractivity contribution in [3.8, 4) is 0 Å². The van der Waals surface area contributed by atoms with Crippen molar-refractivity contribution >= 4 is 5.97 Å². The summed E-state index contributed by atoms with van der Waals surface area (Å²) in [4.78, 5) is 11.4. The number of carbonyl (C=O) groups is 1. The minimum atomic E-state index is -0.327. The lowest BCUT2D eigenvalue weighted by Gasteiger charge is -2.00. The van der Waals surface area contributed by atoms with E-state index in [1.165, 1.54) is 11.8 Å². The van der Waals surface area contributed by atoms with Crippen molar-refractivity contribution in [3.63, 3.8) is 0 Å². The van der Waals surface area contributed by atoms with Crippen molar-refractivity contribution in [2.45, 2.75) is 26.6 Å². The third-order valence-electron chi connectivity index (χ3n) is 4.39. The summed E-state index contributed by atoms with van der Waals surface area (Å²) in [5.74, 6) is -0.327. The number of carbonyl (C=O) groups excluding carboxylic acids is 1. The second kappa shape index (κ2) is 11.5. The van der Waals surface area contributed by atoms with Gasteiger partial charge >= 0.3 is 5.97 Å². The zero-order valence-electron chi connectivity index (χ0n) is 17.5. The zero-order chi connectivity index (χ0) is 21.9. The van der Waals surface area contributed by atoms with Crippen LogP contribution in [0.25, 0.3) is 0 Å². The first kappa shape index (κ1) is 22.0. The molecule has 160 valence electrons. The molecule has 4 aromatic rings. The number of ether oxygens (including phenoxy) is 1. The second-order valence-corrected chi connectivity index (χ2v) is 6.82. The third-order valence-corrected chi connectivity index (χ3v) is 4.39. The summed E-state index contributed by atoms with van der Waals surface area (Å²) in [6, 6.07) is 20.1. The van der Waals surface area contributed by atoms with E-state index >= 15 is 0 Å². The molecule has 0 aliphatic carbocycles. The molecule has 2 aromatic heterocycles. The molecule has 1 N–H and O–H groups in total. The summed E-state index contributed by atoms with van der Waals surface area (Å²) in [5.41, 5.74) is 3.69. The van der Waals surface area contributed by atoms with Gasteiger partial charge in [-0.3, -0.25) is 9.36 Å². The van der Waals surface area contributed by atoms with E-state index in [4.69, 9.17) is 9.84 Å². The van der Waals surface area contributed by atoms with Gasteiger partial charge in [0.2, 0.25) is 0 Å². The maximum absolute atomic E-state index is 11.4. The lowest BCUT2D eigenvalue weighted by molar-refractivity contribution is 0.0526. The van der Waals surface area contributed by atoms with Crippen LogP contribution in [0.5, 0.6) is 0 Å². The molecule has 0 fully saturated rings. The molecule has 4 rings (SSSR count). The normalized spacial score (nSPS) is 10.3. The van der Waals surface area contributed by atoms with Gasteiger partial charge in [-0.15, -0.1) is 0 Å². The first-order chi connectivity index (χ1) is 15.2. The highest BCUT2D eigenvalue weighted by Gasteiger charge is 2.09. The number of esters is 1. The molecule has 0 aliphatic heterocycles. The van der Waals surface area contributed by atoms with E-state index in [1.54, 1.807) is 24.0 Å². The SMILES string of the molecule is CCOC(=O)c1cnn(Cc2ccccc2)c1.OCc1cnn(Cc2ccccc2)c1. The number of rotatable bonds is 7. The van der Waals surface area contributed by atoms with Crippen LogP contribution in [0.2, 0.25) is 0 Å². The van der Waals surface area contributed by atoms with Gasteiger partial charge in [-0.1, -0.05) is 60.7 Å². The predicted molar refractivity (Wildman–Crippen MR) is 117 cm³/mol. The molecule has 0 aliphatic rings. The molecule has 0 amide bonds. The average molecular weight is 418 g/mol. The van der Waals surface area contributed by atoms with Gasteiger partial charge in [0.15, 0.2) is 0 Å². The first-order valence-electron chi connectivity index (χ1n) is 10.1. The Labute approximate surface area is 181 Å². The Bertz CT molecular complexity index is 1060. The second-order valence-electron chi connectivity index (χ2n) is 6.82. The Kier molecular flexibility index (Phi) is 8.13. The highest BCUT2D eigenvalue weighted by Crippen LogP contribution is 2.05. The summed E-state index contributed by atoms with van der Waals surface area (Å²) in [6.45, 7) is 3.62. The molecule has 2 heterocycles. The molecule has 0 spiro atoms. The van der Waals surface area contributed by atoms with Crippen LogP contribution in [-0.2, 0) is 24.4 Å². The lowest BCUT2D eigenvalue weighted by atomic mass is 10.2. The van der Waals surface area contributed by atoms with Crippen molar-refractivity contribution in [1.29, 1.82) is 0 Å². The van der Waals surface area contributed by atoms with E-state index in [0.717, 1.165) is 17.7 Å². The molecule has 0 unspecified atom stereocenters. The maximum atomic E-state index is 11.4. The number of hydrogen-bond donors (Lipinski definition) is 1. The first-order valence-corrected chi connectivity index (χ1v) is 10.1. The van der Waals surface area contributed by atoms with Gasteiger partial charge in [0.05, 0.1) is 44.3 Å². The topological polar surface area (TPSA) is 82.2 Å². The molecular weight excluding hydrogens is 392 g/mol. The van der Waals surface area contributed by atoms with Crippen molar-refractivity contribution < 1.29 is 14.6 Å². The van der Waals surface area contributed by atoms with Crippen molar-refractivity contribution in [2.24, 2.45) is 0 Å². The van der Waals surface area contributed by atoms with E-state index in [9.17, 15) is 4.79 Å². The number of aliphatic hydroxyl groups is 1. The predicted octanol–water partition coefficient (Wildman–Crippen LogP) is 3.53. The summed E-state index contributed by atoms with van der Waals surface area (Å²) in [5, 5.41) is 17.1. The molecule has 7 heteroatoms. The monoisotopic (exact) mass is 418 g/mol. The Morgan fingerprint density at radius 1 is 0.839 bits per heavy atom. The van der Waals surface area contributed by atoms with Crippen LogP contribution in [0.1, 0.15) is 34.0 Å². The number of nitrogens with zero attached hydrogens (tertiary/aromatic N) is 4. The van der Waals surface area contributed by atoms with Gasteiger partial charge in [-0.2, -0.15) is 10.2 Å². The number of hydrogen-bond acceptors (Lipinski definition) is 5. The summed E-state index contributed by atoms with van der Waals surface area (Å²) < 4.78 is 8.44. The highest BCUT2D eigenvalue weighted by molar-refractivity contribution is 5.88. The smallest absolute Gasteiger partial charge is 0.341 e. The van der Waals surface area contributed by atoms with E-state index in [-0.39, 0.29) is 12.6 Å². The van der Waals surface area contributed by atoms with Crippen LogP contribution in [0.4, 0.5) is 0 Å². The van der Waals surface area contributed by atoms with Crippen molar-refractivity contribution in [1.82, 2.24) is 19.6 Å². The van der Waals surface area contributed by atoms with Crippen LogP contribution in [0.3, 0.4) is 0 Å². The van der Waals surface area contributed by atoms with Gasteiger partial charge in [-0.05, 0) is 18.1 Å². The fraction of sp³-hybridized carbons (Fsp3) is 0.208. The van der Waals surface area contributed by atoms with Crippen LogP contribution < -0.4 is 0 Å². The molecule has 2 aromatic carbocycles. The van der Waals surface area contributed by atoms with E-state index in [0.29, 0.717) is 18.7 Å². The average Bonchev–Trinajstić information content (AvgIpc) is 3.45. The van der Waals surface area contributed by atoms with E-state index in [2.05, 4.69) is 22.3 Å². The minimum absolute atomic E-state index is 0.0504. The standard InChI is InChI=1S/C13H14N2O2.C11H12N2O/c1-2-17-13(16)12-8-14-15(10-12)9-11-6-4-3-5-7-11;14-9-11-6-12-13(8-11)7-10-4-2-1-3-5-10/h3-8,10H,2,9H2,1H3;1-6,8,14H,7,9H2. The summed E-state index contributed by atoms with van der Waals surface area (Å²) in [7, 11) is 0. The molecule has 0 saturated carbocycles. The number of aliphatic hydroxyl groups excluding tert-OH is 1. The number of aromatic nitrogens is 4. The van der Waals surface area contributed by atoms with Crippen LogP contribution in [-0.4, -0.2) is 37.2 Å². The van der Waals surface area contributed by atoms with Crippen LogP contribution in [0, 0.1) is 0 Å². The fourth-order valence-electron chi connectivity index (χ4n) is 2.89. The van der Waals surface area contributed by atoms with Crippen molar-refractivity contribution in [2.75, 3.05) is 6.61 Å². The van der Waals surface area contributed by atoms with E-state index in [1.807, 2.05) is 59.4 Å². The minimum Gasteiger partial charge on any atom is -0.462 e. The van der Waals surface area contributed by atoms with Gasteiger partial charge < -0.3 is 9.84 Å². The zero-order valence-corrected chi connectivity index (χ0v) is 17.5. The lowest BCUT2D eigenvalue weighted by Crippen LogP contribution is -2.03. The molecule has 0 bridgehead atoms. The Balaban J connectivity index is 0.000000179. The van der Waals surface area contributed by atoms with Gasteiger partial charge in [-0.25, -0.2) is 4.79 Å². The van der Waals surface area contributed by atoms with Crippen molar-refractivity contribution in [3.05, 3.63) is 108 Å². The Hall–Kier alpha value is -3.71. The maximum Gasteiger partial charge on any atom is 0.341 e. The van der Waals surface area contributed by atoms with Gasteiger partial charge in [0.1, 0.15) is 0 Å². The summed E-state index contributed by atoms with van der Waals surface area (Å²) >= 11 is 0.